The first-order valence-corrected chi connectivity index (χ1v) is 6.21. The zero-order chi connectivity index (χ0) is 11.9. The van der Waals surface area contributed by atoms with E-state index in [0.29, 0.717) is 6.61 Å². The van der Waals surface area contributed by atoms with Crippen molar-refractivity contribution >= 4 is 5.97 Å². The van der Waals surface area contributed by atoms with E-state index < -0.39 is 0 Å². The van der Waals surface area contributed by atoms with Crippen LogP contribution in [0.2, 0.25) is 0 Å². The topological polar surface area (TPSA) is 38.8 Å². The Morgan fingerprint density at radius 2 is 2.35 bits per heavy atom. The zero-order valence-corrected chi connectivity index (χ0v) is 9.94. The highest BCUT2D eigenvalue weighted by Crippen LogP contribution is 2.54. The van der Waals surface area contributed by atoms with Gasteiger partial charge in [0.15, 0.2) is 6.10 Å². The molecular formula is C14H16O3. The highest BCUT2D eigenvalue weighted by atomic mass is 16.7. The first kappa shape index (κ1) is 10.8. The van der Waals surface area contributed by atoms with E-state index >= 15 is 0 Å². The standard InChI is InChI=1S/C14H16O3/c1-2-16-13(15)12-14(17-12)9-5-7-10-6-3-4-8-11(10)14/h3-4,6,8,12H,2,5,7,9H2,1H3. The van der Waals surface area contributed by atoms with Gasteiger partial charge in [0.05, 0.1) is 6.61 Å². The summed E-state index contributed by atoms with van der Waals surface area (Å²) in [5.74, 6) is -0.218. The van der Waals surface area contributed by atoms with E-state index in [0.717, 1.165) is 19.3 Å². The third-order valence-corrected chi connectivity index (χ3v) is 3.66. The van der Waals surface area contributed by atoms with E-state index in [2.05, 4.69) is 12.1 Å². The van der Waals surface area contributed by atoms with E-state index in [9.17, 15) is 4.79 Å². The van der Waals surface area contributed by atoms with Gasteiger partial charge in [-0.2, -0.15) is 0 Å². The van der Waals surface area contributed by atoms with Crippen LogP contribution < -0.4 is 0 Å². The number of carbonyl (C=O) groups excluding carboxylic acids is 1. The van der Waals surface area contributed by atoms with Crippen molar-refractivity contribution < 1.29 is 14.3 Å². The number of hydrogen-bond donors (Lipinski definition) is 0. The molecular weight excluding hydrogens is 216 g/mol. The normalized spacial score (nSPS) is 29.8. The number of fused-ring (bicyclic) bond motifs is 2. The number of esters is 1. The minimum absolute atomic E-state index is 0.218. The van der Waals surface area contributed by atoms with Gasteiger partial charge in [-0.05, 0) is 37.3 Å². The van der Waals surface area contributed by atoms with Gasteiger partial charge in [0.2, 0.25) is 0 Å². The maximum absolute atomic E-state index is 11.7. The number of epoxide rings is 1. The van der Waals surface area contributed by atoms with E-state index in [1.54, 1.807) is 0 Å². The maximum atomic E-state index is 11.7. The van der Waals surface area contributed by atoms with Gasteiger partial charge in [-0.3, -0.25) is 0 Å². The summed E-state index contributed by atoms with van der Waals surface area (Å²) in [6.45, 7) is 2.23. The van der Waals surface area contributed by atoms with Crippen molar-refractivity contribution in [3.8, 4) is 0 Å². The summed E-state index contributed by atoms with van der Waals surface area (Å²) in [5, 5.41) is 0. The Kier molecular flexibility index (Phi) is 2.44. The summed E-state index contributed by atoms with van der Waals surface area (Å²) in [5.41, 5.74) is 2.12. The molecule has 0 radical (unpaired) electrons. The second-order valence-corrected chi connectivity index (χ2v) is 4.65. The van der Waals surface area contributed by atoms with E-state index in [1.165, 1.54) is 11.1 Å². The van der Waals surface area contributed by atoms with Crippen molar-refractivity contribution in [2.75, 3.05) is 6.61 Å². The molecule has 1 heterocycles. The molecule has 0 N–H and O–H groups in total. The quantitative estimate of drug-likeness (QED) is 0.579. The van der Waals surface area contributed by atoms with Crippen LogP contribution in [0.25, 0.3) is 0 Å². The fraction of sp³-hybridized carbons (Fsp3) is 0.500. The first-order valence-electron chi connectivity index (χ1n) is 6.21. The number of ether oxygens (including phenoxy) is 2. The Balaban J connectivity index is 1.90. The average Bonchev–Trinajstić information content (AvgIpc) is 3.06. The smallest absolute Gasteiger partial charge is 0.338 e. The van der Waals surface area contributed by atoms with Gasteiger partial charge in [-0.25, -0.2) is 4.79 Å². The molecule has 3 heteroatoms. The molecule has 1 spiro atoms. The third-order valence-electron chi connectivity index (χ3n) is 3.66. The van der Waals surface area contributed by atoms with E-state index in [1.807, 2.05) is 19.1 Å². The Bertz CT molecular complexity index is 455. The van der Waals surface area contributed by atoms with Gasteiger partial charge in [0.1, 0.15) is 5.60 Å². The molecule has 2 atom stereocenters. The van der Waals surface area contributed by atoms with Crippen LogP contribution in [0.5, 0.6) is 0 Å². The maximum Gasteiger partial charge on any atom is 0.338 e. The number of carbonyl (C=O) groups is 1. The summed E-state index contributed by atoms with van der Waals surface area (Å²) in [4.78, 5) is 11.7. The average molecular weight is 232 g/mol. The molecule has 1 saturated heterocycles. The molecule has 3 nitrogen and oxygen atoms in total. The van der Waals surface area contributed by atoms with Crippen molar-refractivity contribution in [3.63, 3.8) is 0 Å². The second-order valence-electron chi connectivity index (χ2n) is 4.65. The molecule has 90 valence electrons. The summed E-state index contributed by atoms with van der Waals surface area (Å²) in [6.07, 6.45) is 2.70. The van der Waals surface area contributed by atoms with Crippen LogP contribution in [0, 0.1) is 0 Å². The van der Waals surface area contributed by atoms with Crippen LogP contribution in [0.4, 0.5) is 0 Å². The lowest BCUT2D eigenvalue weighted by atomic mass is 9.80. The molecule has 2 unspecified atom stereocenters. The van der Waals surface area contributed by atoms with Gasteiger partial charge in [0, 0.05) is 0 Å². The van der Waals surface area contributed by atoms with Crippen LogP contribution in [0.3, 0.4) is 0 Å². The Morgan fingerprint density at radius 3 is 3.18 bits per heavy atom. The van der Waals surface area contributed by atoms with Crippen molar-refractivity contribution in [3.05, 3.63) is 35.4 Å². The second kappa shape index (κ2) is 3.84. The summed E-state index contributed by atoms with van der Waals surface area (Å²) in [7, 11) is 0. The van der Waals surface area contributed by atoms with Gasteiger partial charge < -0.3 is 9.47 Å². The molecule has 1 aliphatic heterocycles. The Hall–Kier alpha value is -1.35. The Labute approximate surface area is 101 Å². The predicted molar refractivity (Wildman–Crippen MR) is 62.6 cm³/mol. The van der Waals surface area contributed by atoms with Gasteiger partial charge in [-0.1, -0.05) is 24.3 Å². The highest BCUT2D eigenvalue weighted by molar-refractivity contribution is 5.80. The van der Waals surface area contributed by atoms with Crippen LogP contribution in [-0.4, -0.2) is 18.7 Å². The molecule has 0 bridgehead atoms. The first-order chi connectivity index (χ1) is 8.28. The molecule has 0 aromatic heterocycles. The molecule has 1 aromatic rings. The molecule has 3 rings (SSSR count). The molecule has 1 fully saturated rings. The van der Waals surface area contributed by atoms with E-state index in [4.69, 9.17) is 9.47 Å². The fourth-order valence-corrected chi connectivity index (χ4v) is 2.85. The van der Waals surface area contributed by atoms with Gasteiger partial charge in [-0.15, -0.1) is 0 Å². The molecule has 1 aliphatic carbocycles. The highest BCUT2D eigenvalue weighted by Gasteiger charge is 2.63. The van der Waals surface area contributed by atoms with Crippen LogP contribution >= 0.6 is 0 Å². The predicted octanol–water partition coefficient (Wildman–Crippen LogP) is 2.18. The van der Waals surface area contributed by atoms with E-state index in [-0.39, 0.29) is 17.7 Å². The summed E-state index contributed by atoms with van der Waals surface area (Å²) in [6, 6.07) is 8.25. The SMILES string of the molecule is CCOC(=O)C1OC12CCCc1ccccc12. The number of rotatable bonds is 2. The number of hydrogen-bond acceptors (Lipinski definition) is 3. The summed E-state index contributed by atoms with van der Waals surface area (Å²) < 4.78 is 10.8. The van der Waals surface area contributed by atoms with Crippen LogP contribution in [-0.2, 0) is 26.3 Å². The lowest BCUT2D eigenvalue weighted by molar-refractivity contribution is -0.144. The molecule has 0 saturated carbocycles. The van der Waals surface area contributed by atoms with Crippen molar-refractivity contribution in [2.24, 2.45) is 0 Å². The minimum atomic E-state index is -0.385. The zero-order valence-electron chi connectivity index (χ0n) is 9.94. The fourth-order valence-electron chi connectivity index (χ4n) is 2.85. The number of aryl methyl sites for hydroxylation is 1. The molecule has 0 amide bonds. The third kappa shape index (κ3) is 1.57. The molecule has 1 aromatic carbocycles. The van der Waals surface area contributed by atoms with Crippen molar-refractivity contribution in [1.82, 2.24) is 0 Å². The number of benzene rings is 1. The Morgan fingerprint density at radius 1 is 1.53 bits per heavy atom. The lowest BCUT2D eigenvalue weighted by Crippen LogP contribution is -2.25. The van der Waals surface area contributed by atoms with Crippen molar-refractivity contribution in [2.45, 2.75) is 37.9 Å². The van der Waals surface area contributed by atoms with Gasteiger partial charge >= 0.3 is 5.97 Å². The largest absolute Gasteiger partial charge is 0.464 e. The van der Waals surface area contributed by atoms with Crippen LogP contribution in [0.1, 0.15) is 30.9 Å². The summed E-state index contributed by atoms with van der Waals surface area (Å²) >= 11 is 0. The molecule has 17 heavy (non-hydrogen) atoms. The molecule has 2 aliphatic rings. The monoisotopic (exact) mass is 232 g/mol. The van der Waals surface area contributed by atoms with Crippen molar-refractivity contribution in [1.29, 1.82) is 0 Å². The van der Waals surface area contributed by atoms with Gasteiger partial charge in [0.25, 0.3) is 0 Å². The minimum Gasteiger partial charge on any atom is -0.464 e. The van der Waals surface area contributed by atoms with Crippen LogP contribution in [0.15, 0.2) is 24.3 Å². The lowest BCUT2D eigenvalue weighted by Gasteiger charge is -2.22.